The minimum atomic E-state index is -0.134. The smallest absolute Gasteiger partial charge is 0.231 e. The third kappa shape index (κ3) is 3.62. The minimum absolute atomic E-state index is 0.134. The van der Waals surface area contributed by atoms with Gasteiger partial charge >= 0.3 is 0 Å². The van der Waals surface area contributed by atoms with E-state index in [0.717, 1.165) is 27.8 Å². The largest absolute Gasteiger partial charge is 0.497 e. The average Bonchev–Trinajstić information content (AvgIpc) is 3.29. The maximum atomic E-state index is 12.9. The van der Waals surface area contributed by atoms with Crippen molar-refractivity contribution in [3.05, 3.63) is 94.9 Å². The summed E-state index contributed by atoms with van der Waals surface area (Å²) < 4.78 is 19.2. The molecule has 0 amide bonds. The number of allylic oxidation sites excluding steroid dienone is 1. The van der Waals surface area contributed by atoms with Crippen molar-refractivity contribution in [3.63, 3.8) is 0 Å². The molecule has 5 heteroatoms. The second-order valence-corrected chi connectivity index (χ2v) is 7.95. The van der Waals surface area contributed by atoms with Crippen LogP contribution in [-0.4, -0.2) is 17.5 Å². The van der Waals surface area contributed by atoms with Crippen molar-refractivity contribution in [1.29, 1.82) is 0 Å². The Morgan fingerprint density at radius 2 is 1.78 bits per heavy atom. The fourth-order valence-electron chi connectivity index (χ4n) is 3.89. The molecule has 5 rings (SSSR count). The van der Waals surface area contributed by atoms with E-state index in [1.807, 2.05) is 48.1 Å². The number of benzene rings is 3. The fourth-order valence-corrected chi connectivity index (χ4v) is 3.89. The Morgan fingerprint density at radius 3 is 2.56 bits per heavy atom. The zero-order valence-electron chi connectivity index (χ0n) is 18.2. The predicted octanol–water partition coefficient (Wildman–Crippen LogP) is 5.69. The van der Waals surface area contributed by atoms with Gasteiger partial charge in [-0.3, -0.25) is 4.79 Å². The Bertz CT molecular complexity index is 1360. The first-order chi connectivity index (χ1) is 15.5. The van der Waals surface area contributed by atoms with Crippen LogP contribution in [-0.2, 0) is 13.7 Å². The van der Waals surface area contributed by atoms with Crippen LogP contribution in [0.1, 0.15) is 27.0 Å². The van der Waals surface area contributed by atoms with E-state index in [2.05, 4.69) is 19.1 Å². The highest BCUT2D eigenvalue weighted by Gasteiger charge is 2.28. The quantitative estimate of drug-likeness (QED) is 0.386. The number of nitrogens with zero attached hydrogens (tertiary/aromatic N) is 1. The molecule has 0 unspecified atom stereocenters. The van der Waals surface area contributed by atoms with Crippen LogP contribution in [0.2, 0.25) is 0 Å². The minimum Gasteiger partial charge on any atom is -0.497 e. The van der Waals surface area contributed by atoms with Gasteiger partial charge in [-0.15, -0.1) is 0 Å². The summed E-state index contributed by atoms with van der Waals surface area (Å²) in [5.41, 5.74) is 4.78. The molecule has 32 heavy (non-hydrogen) atoms. The fraction of sp³-hybridized carbons (Fsp3) is 0.148. The maximum absolute atomic E-state index is 12.9. The van der Waals surface area contributed by atoms with Crippen molar-refractivity contribution in [2.24, 2.45) is 7.05 Å². The van der Waals surface area contributed by atoms with Gasteiger partial charge in [-0.05, 0) is 48.9 Å². The number of hydrogen-bond acceptors (Lipinski definition) is 4. The molecule has 1 aromatic heterocycles. The maximum Gasteiger partial charge on any atom is 0.231 e. The summed E-state index contributed by atoms with van der Waals surface area (Å²) >= 11 is 0. The van der Waals surface area contributed by atoms with E-state index >= 15 is 0 Å². The van der Waals surface area contributed by atoms with Crippen LogP contribution in [0.3, 0.4) is 0 Å². The molecule has 160 valence electrons. The summed E-state index contributed by atoms with van der Waals surface area (Å²) in [7, 11) is 3.61. The highest BCUT2D eigenvalue weighted by atomic mass is 16.5. The molecule has 3 aromatic carbocycles. The van der Waals surface area contributed by atoms with Gasteiger partial charge in [-0.25, -0.2) is 0 Å². The summed E-state index contributed by atoms with van der Waals surface area (Å²) in [5, 5.41) is 0.994. The van der Waals surface area contributed by atoms with Gasteiger partial charge in [0.2, 0.25) is 5.78 Å². The number of carbonyl (C=O) groups excluding carboxylic acids is 1. The monoisotopic (exact) mass is 425 g/mol. The van der Waals surface area contributed by atoms with Crippen LogP contribution < -0.4 is 14.2 Å². The number of ether oxygens (including phenoxy) is 3. The van der Waals surface area contributed by atoms with Crippen molar-refractivity contribution in [3.8, 4) is 17.2 Å². The van der Waals surface area contributed by atoms with Crippen LogP contribution in [0, 0.1) is 6.92 Å². The molecule has 0 saturated carbocycles. The predicted molar refractivity (Wildman–Crippen MR) is 124 cm³/mol. The van der Waals surface area contributed by atoms with E-state index < -0.39 is 0 Å². The summed E-state index contributed by atoms with van der Waals surface area (Å²) in [6.07, 6.45) is 3.77. The van der Waals surface area contributed by atoms with Crippen LogP contribution in [0.15, 0.2) is 72.6 Å². The number of aryl methyl sites for hydroxylation is 2. The number of carbonyl (C=O) groups is 1. The van der Waals surface area contributed by atoms with E-state index in [1.54, 1.807) is 31.4 Å². The van der Waals surface area contributed by atoms with Crippen LogP contribution in [0.5, 0.6) is 17.2 Å². The molecule has 0 aliphatic carbocycles. The van der Waals surface area contributed by atoms with Gasteiger partial charge in [-0.1, -0.05) is 29.8 Å². The van der Waals surface area contributed by atoms with Gasteiger partial charge in [0.1, 0.15) is 23.9 Å². The number of Topliss-reactive ketones (excluding diaryl/α,β-unsaturated/α-hetero) is 1. The summed E-state index contributed by atoms with van der Waals surface area (Å²) in [6, 6.07) is 19.4. The Kier molecular flexibility index (Phi) is 4.94. The molecule has 0 fully saturated rings. The molecular formula is C27H23NO4. The number of fused-ring (bicyclic) bond motifs is 2. The molecule has 2 heterocycles. The first kappa shape index (κ1) is 19.9. The lowest BCUT2D eigenvalue weighted by Gasteiger charge is -2.07. The van der Waals surface area contributed by atoms with Gasteiger partial charge in [-0.2, -0.15) is 0 Å². The highest BCUT2D eigenvalue weighted by molar-refractivity contribution is 6.15. The molecule has 1 aliphatic heterocycles. The average molecular weight is 425 g/mol. The Morgan fingerprint density at radius 1 is 1.00 bits per heavy atom. The van der Waals surface area contributed by atoms with Gasteiger partial charge in [0.05, 0.1) is 12.7 Å². The van der Waals surface area contributed by atoms with Crippen LogP contribution in [0.4, 0.5) is 0 Å². The zero-order chi connectivity index (χ0) is 22.2. The molecular weight excluding hydrogens is 402 g/mol. The van der Waals surface area contributed by atoms with Crippen LogP contribution in [0.25, 0.3) is 17.0 Å². The summed E-state index contributed by atoms with van der Waals surface area (Å²) in [5.74, 6) is 2.10. The third-order valence-electron chi connectivity index (χ3n) is 5.68. The SMILES string of the molecule is COc1ccc2c(c1)c(/C=C1\Oc3cc(OCc4ccc(C)cc4)ccc3C1=O)cn2C. The summed E-state index contributed by atoms with van der Waals surface area (Å²) in [4.78, 5) is 12.9. The van der Waals surface area contributed by atoms with E-state index in [-0.39, 0.29) is 5.78 Å². The van der Waals surface area contributed by atoms with Gasteiger partial charge in [0.15, 0.2) is 5.76 Å². The second-order valence-electron chi connectivity index (χ2n) is 7.95. The molecule has 1 aliphatic rings. The lowest BCUT2D eigenvalue weighted by Crippen LogP contribution is -1.98. The zero-order valence-corrected chi connectivity index (χ0v) is 18.2. The standard InChI is InChI=1S/C27H23NO4/c1-17-4-6-18(7-5-17)16-31-21-8-10-22-25(14-21)32-26(27(22)29)12-19-15-28(2)24-11-9-20(30-3)13-23(19)24/h4-15H,16H2,1-3H3/b26-12-. The number of rotatable bonds is 5. The van der Waals surface area contributed by atoms with E-state index in [4.69, 9.17) is 14.2 Å². The van der Waals surface area contributed by atoms with Crippen molar-refractivity contribution in [2.75, 3.05) is 7.11 Å². The molecule has 4 aromatic rings. The van der Waals surface area contributed by atoms with E-state index in [1.165, 1.54) is 5.56 Å². The van der Waals surface area contributed by atoms with Crippen molar-refractivity contribution in [2.45, 2.75) is 13.5 Å². The first-order valence-electron chi connectivity index (χ1n) is 10.4. The molecule has 0 spiro atoms. The Hall–Kier alpha value is -3.99. The lowest BCUT2D eigenvalue weighted by molar-refractivity contribution is 0.101. The van der Waals surface area contributed by atoms with Crippen molar-refractivity contribution < 1.29 is 19.0 Å². The molecule has 0 saturated heterocycles. The number of methoxy groups -OCH3 is 1. The molecule has 0 bridgehead atoms. The lowest BCUT2D eigenvalue weighted by atomic mass is 10.1. The van der Waals surface area contributed by atoms with E-state index in [0.29, 0.717) is 29.4 Å². The molecule has 0 atom stereocenters. The number of ketones is 1. The van der Waals surface area contributed by atoms with E-state index in [9.17, 15) is 4.79 Å². The van der Waals surface area contributed by atoms with Crippen molar-refractivity contribution in [1.82, 2.24) is 4.57 Å². The second kappa shape index (κ2) is 7.93. The number of aromatic nitrogens is 1. The van der Waals surface area contributed by atoms with Gasteiger partial charge < -0.3 is 18.8 Å². The molecule has 5 nitrogen and oxygen atoms in total. The molecule has 0 radical (unpaired) electrons. The Labute approximate surface area is 186 Å². The first-order valence-corrected chi connectivity index (χ1v) is 10.4. The van der Waals surface area contributed by atoms with Crippen molar-refractivity contribution >= 4 is 22.8 Å². The van der Waals surface area contributed by atoms with Gasteiger partial charge in [0, 0.05) is 35.8 Å². The summed E-state index contributed by atoms with van der Waals surface area (Å²) in [6.45, 7) is 2.51. The highest BCUT2D eigenvalue weighted by Crippen LogP contribution is 2.36. The molecule has 0 N–H and O–H groups in total. The normalized spacial score (nSPS) is 14.0. The topological polar surface area (TPSA) is 49.7 Å². The number of hydrogen-bond donors (Lipinski definition) is 0. The Balaban J connectivity index is 1.40. The van der Waals surface area contributed by atoms with Gasteiger partial charge in [0.25, 0.3) is 0 Å². The third-order valence-corrected chi connectivity index (χ3v) is 5.68. The van der Waals surface area contributed by atoms with Crippen LogP contribution >= 0.6 is 0 Å².